The number of allylic oxidation sites excluding steroid dienone is 8. The van der Waals surface area contributed by atoms with Crippen LogP contribution in [0, 0.1) is 67.0 Å². The minimum Gasteiger partial charge on any atom is -0.504 e. The van der Waals surface area contributed by atoms with Crippen molar-refractivity contribution in [3.8, 4) is 0 Å². The third-order valence-corrected chi connectivity index (χ3v) is 22.0. The lowest BCUT2D eigenvalue weighted by atomic mass is 9.38. The molecule has 9 aliphatic rings. The topological polar surface area (TPSA) is 127 Å². The predicted octanol–water partition coefficient (Wildman–Crippen LogP) is 12.9. The maximum Gasteiger partial charge on any atom is 0.302 e. The zero-order valence-corrected chi connectivity index (χ0v) is 42.9. The number of carbonyl (C=O) groups excluding carboxylic acids is 3. The maximum absolute atomic E-state index is 14.3. The van der Waals surface area contributed by atoms with Gasteiger partial charge in [0.2, 0.25) is 5.78 Å². The number of carbonyl (C=O) groups is 3. The Morgan fingerprint density at radius 3 is 2.29 bits per heavy atom. The van der Waals surface area contributed by atoms with Crippen molar-refractivity contribution < 1.29 is 38.5 Å². The first-order valence-corrected chi connectivity index (χ1v) is 25.8. The molecule has 0 bridgehead atoms. The molecule has 15 atom stereocenters. The van der Waals surface area contributed by atoms with Crippen LogP contribution in [0.1, 0.15) is 185 Å². The van der Waals surface area contributed by atoms with Gasteiger partial charge in [0.1, 0.15) is 11.7 Å². The first-order valence-electron chi connectivity index (χ1n) is 25.8. The Kier molecular flexibility index (Phi) is 11.0. The molecule has 362 valence electrons. The van der Waals surface area contributed by atoms with E-state index in [0.29, 0.717) is 40.6 Å². The van der Waals surface area contributed by atoms with Gasteiger partial charge in [-0.1, -0.05) is 84.3 Å². The lowest BCUT2D eigenvalue weighted by Crippen LogP contribution is -2.70. The van der Waals surface area contributed by atoms with Gasteiger partial charge < -0.3 is 24.1 Å². The third-order valence-electron chi connectivity index (χ3n) is 22.0. The van der Waals surface area contributed by atoms with Crippen molar-refractivity contribution in [1.82, 2.24) is 0 Å². The number of aliphatic hydroxyl groups excluding tert-OH is 2. The van der Waals surface area contributed by atoms with E-state index >= 15 is 0 Å². The van der Waals surface area contributed by atoms with Crippen LogP contribution in [0.3, 0.4) is 0 Å². The highest BCUT2D eigenvalue weighted by Gasteiger charge is 2.89. The molecule has 8 aliphatic carbocycles. The average Bonchev–Trinajstić information content (AvgIpc) is 3.45. The summed E-state index contributed by atoms with van der Waals surface area (Å²) in [6, 6.07) is 1.95. The largest absolute Gasteiger partial charge is 0.504 e. The van der Waals surface area contributed by atoms with Crippen LogP contribution in [0.15, 0.2) is 69.3 Å². The number of aliphatic hydroxyl groups is 2. The van der Waals surface area contributed by atoms with Crippen molar-refractivity contribution in [2.24, 2.45) is 67.0 Å². The van der Waals surface area contributed by atoms with E-state index in [1.54, 1.807) is 38.5 Å². The second-order valence-corrected chi connectivity index (χ2v) is 25.9. The zero-order valence-electron chi connectivity index (χ0n) is 42.9. The Bertz CT molecular complexity index is 2320. The third kappa shape index (κ3) is 6.03. The number of esters is 1. The van der Waals surface area contributed by atoms with Gasteiger partial charge in [-0.3, -0.25) is 14.4 Å². The summed E-state index contributed by atoms with van der Waals surface area (Å²) >= 11 is 0. The maximum atomic E-state index is 14.3. The Balaban J connectivity index is 0.000000167. The summed E-state index contributed by atoms with van der Waals surface area (Å²) < 4.78 is 17.9. The molecule has 1 aromatic heterocycles. The van der Waals surface area contributed by atoms with Gasteiger partial charge in [0.15, 0.2) is 11.5 Å². The number of furan rings is 1. The molecule has 66 heavy (non-hydrogen) atoms. The predicted molar refractivity (Wildman–Crippen MR) is 257 cm³/mol. The van der Waals surface area contributed by atoms with Crippen molar-refractivity contribution >= 4 is 17.5 Å². The number of hydrogen-bond acceptors (Lipinski definition) is 8. The van der Waals surface area contributed by atoms with Crippen LogP contribution < -0.4 is 0 Å². The van der Waals surface area contributed by atoms with E-state index in [4.69, 9.17) is 13.9 Å². The lowest BCUT2D eigenvalue weighted by molar-refractivity contribution is -0.200. The van der Waals surface area contributed by atoms with Crippen LogP contribution in [0.25, 0.3) is 0 Å². The average molecular weight is 907 g/mol. The van der Waals surface area contributed by atoms with Gasteiger partial charge in [-0.15, -0.1) is 0 Å². The molecule has 5 fully saturated rings. The van der Waals surface area contributed by atoms with Gasteiger partial charge in [-0.25, -0.2) is 0 Å². The van der Waals surface area contributed by atoms with Crippen molar-refractivity contribution in [3.05, 3.63) is 70.4 Å². The van der Waals surface area contributed by atoms with E-state index in [0.717, 1.165) is 23.8 Å². The number of ether oxygens (including phenoxy) is 2. The fraction of sp³-hybridized carbons (Fsp3) is 0.741. The SMILES string of the molecule is CC(=O)OC1CC2(C)C(c3ccoc3)CC3OC32C2(C)C(=O)C(O)=C3C(C)(C)C(=O)C=CC3(C)C12.CC(C)=CCCC(C)C1CCC2(C)C3=C(CCC12C)C1(C)CCC(O)C(C)(C)C1CC3. The summed E-state index contributed by atoms with van der Waals surface area (Å²) in [4.78, 5) is 39.6. The summed E-state index contributed by atoms with van der Waals surface area (Å²) in [5, 5.41) is 22.3. The molecule has 2 N–H and O–H groups in total. The van der Waals surface area contributed by atoms with Gasteiger partial charge in [0.05, 0.1) is 35.6 Å². The first-order chi connectivity index (χ1) is 30.6. The Hall–Kier alpha value is -3.23. The highest BCUT2D eigenvalue weighted by Crippen LogP contribution is 2.82. The summed E-state index contributed by atoms with van der Waals surface area (Å²) in [7, 11) is 0. The molecule has 0 amide bonds. The molecule has 0 aromatic carbocycles. The van der Waals surface area contributed by atoms with Crippen molar-refractivity contribution in [2.45, 2.75) is 204 Å². The van der Waals surface area contributed by atoms with Gasteiger partial charge >= 0.3 is 5.97 Å². The highest BCUT2D eigenvalue weighted by molar-refractivity contribution is 6.06. The molecule has 1 aliphatic heterocycles. The first kappa shape index (κ1) is 47.8. The van der Waals surface area contributed by atoms with Crippen LogP contribution >= 0.6 is 0 Å². The molecular weight excluding hydrogens is 825 g/mol. The van der Waals surface area contributed by atoms with Gasteiger partial charge in [-0.2, -0.15) is 0 Å². The van der Waals surface area contributed by atoms with E-state index in [1.165, 1.54) is 70.3 Å². The molecule has 1 aromatic rings. The Morgan fingerprint density at radius 2 is 1.64 bits per heavy atom. The molecule has 1 saturated heterocycles. The quantitative estimate of drug-likeness (QED) is 0.164. The van der Waals surface area contributed by atoms with Crippen LogP contribution in [-0.4, -0.2) is 51.7 Å². The fourth-order valence-corrected chi connectivity index (χ4v) is 18.7. The van der Waals surface area contributed by atoms with Crippen LogP contribution in [0.4, 0.5) is 0 Å². The molecular formula is C58H82O8. The molecule has 2 heterocycles. The number of rotatable bonds is 6. The number of Topliss-reactive ketones (excluding diaryl/α,β-unsaturated/α-hetero) is 1. The van der Waals surface area contributed by atoms with Gasteiger partial charge in [-0.05, 0) is 180 Å². The molecule has 1 spiro atoms. The van der Waals surface area contributed by atoms with Crippen molar-refractivity contribution in [3.63, 3.8) is 0 Å². The Labute approximate surface area is 395 Å². The summed E-state index contributed by atoms with van der Waals surface area (Å²) in [6.45, 7) is 30.4. The standard InChI is InChI=1S/C30H50O.C28H32O7/c1-20(2)10-9-11-21(3)22-14-18-30(8)24-12-13-25-27(4,5)26(31)16-17-28(25,6)23(24)15-19-29(22,30)7;1-14(29)34-17-12-26(5)16(15-8-10-33-13-15)11-19-28(26,35-19)27(6)21(17)25(4)9-7-18(30)24(2,3)22(25)20(31)23(27)32/h10,21-22,25-26,31H,9,11-19H2,1-8H3;7-10,13,16-17,19,21,31H,11-12H2,1-6H3. The summed E-state index contributed by atoms with van der Waals surface area (Å²) in [5.41, 5.74) is 3.35. The van der Waals surface area contributed by atoms with Gasteiger partial charge in [0, 0.05) is 23.7 Å². The smallest absolute Gasteiger partial charge is 0.302 e. The molecule has 4 saturated carbocycles. The number of ketones is 2. The van der Waals surface area contributed by atoms with Crippen LogP contribution in [0.5, 0.6) is 0 Å². The van der Waals surface area contributed by atoms with E-state index in [1.807, 2.05) is 31.1 Å². The second kappa shape index (κ2) is 15.1. The lowest BCUT2D eigenvalue weighted by Gasteiger charge is -2.64. The number of fused-ring (bicyclic) bond motifs is 7. The van der Waals surface area contributed by atoms with E-state index in [9.17, 15) is 24.6 Å². The molecule has 10 rings (SSSR count). The zero-order chi connectivity index (χ0) is 48.2. The molecule has 15 unspecified atom stereocenters. The van der Waals surface area contributed by atoms with Gasteiger partial charge in [0.25, 0.3) is 0 Å². The minimum atomic E-state index is -1.17. The number of hydrogen-bond donors (Lipinski definition) is 2. The van der Waals surface area contributed by atoms with E-state index in [2.05, 4.69) is 68.4 Å². The number of epoxide rings is 1. The Morgan fingerprint density at radius 1 is 0.924 bits per heavy atom. The van der Waals surface area contributed by atoms with Crippen LogP contribution in [-0.2, 0) is 23.9 Å². The molecule has 8 nitrogen and oxygen atoms in total. The minimum absolute atomic E-state index is 0.0453. The molecule has 8 heteroatoms. The van der Waals surface area contributed by atoms with E-state index < -0.39 is 51.0 Å². The van der Waals surface area contributed by atoms with Crippen LogP contribution in [0.2, 0.25) is 0 Å². The molecule has 0 radical (unpaired) electrons. The highest BCUT2D eigenvalue weighted by atomic mass is 16.6. The second-order valence-electron chi connectivity index (χ2n) is 25.9. The fourth-order valence-electron chi connectivity index (χ4n) is 18.7. The summed E-state index contributed by atoms with van der Waals surface area (Å²) in [6.07, 6.45) is 22.3. The monoisotopic (exact) mass is 907 g/mol. The van der Waals surface area contributed by atoms with E-state index in [-0.39, 0.29) is 35.1 Å². The normalized spacial score (nSPS) is 46.0. The van der Waals surface area contributed by atoms with Crippen molar-refractivity contribution in [1.29, 1.82) is 0 Å². The summed E-state index contributed by atoms with van der Waals surface area (Å²) in [5.74, 6) is 0.487. The van der Waals surface area contributed by atoms with Crippen molar-refractivity contribution in [2.75, 3.05) is 0 Å².